The summed E-state index contributed by atoms with van der Waals surface area (Å²) in [5.41, 5.74) is 0.484. The van der Waals surface area contributed by atoms with E-state index in [9.17, 15) is 14.4 Å². The number of H-pyrrole nitrogens is 1. The van der Waals surface area contributed by atoms with Crippen LogP contribution in [-0.4, -0.2) is 65.2 Å². The molecule has 0 aliphatic carbocycles. The van der Waals surface area contributed by atoms with Crippen LogP contribution in [0.3, 0.4) is 0 Å². The van der Waals surface area contributed by atoms with Crippen molar-refractivity contribution in [3.8, 4) is 0 Å². The molecule has 0 atom stereocenters. The SMILES string of the molecule is CC(=O)N1CCN(C(=O)CCNC(=O)c2ccc[nH]2)CC1. The number of nitrogens with one attached hydrogen (secondary N) is 2. The maximum atomic E-state index is 12.0. The van der Waals surface area contributed by atoms with E-state index in [4.69, 9.17) is 0 Å². The molecule has 21 heavy (non-hydrogen) atoms. The molecular formula is C14H20N4O3. The Morgan fingerprint density at radius 1 is 1.19 bits per heavy atom. The van der Waals surface area contributed by atoms with Gasteiger partial charge in [0.2, 0.25) is 11.8 Å². The highest BCUT2D eigenvalue weighted by Gasteiger charge is 2.21. The Labute approximate surface area is 123 Å². The number of hydrogen-bond donors (Lipinski definition) is 2. The zero-order chi connectivity index (χ0) is 15.2. The van der Waals surface area contributed by atoms with Gasteiger partial charge < -0.3 is 20.1 Å². The number of amides is 3. The summed E-state index contributed by atoms with van der Waals surface area (Å²) in [5, 5.41) is 2.70. The fourth-order valence-corrected chi connectivity index (χ4v) is 2.28. The molecule has 1 aliphatic rings. The van der Waals surface area contributed by atoms with Crippen molar-refractivity contribution in [3.63, 3.8) is 0 Å². The summed E-state index contributed by atoms with van der Waals surface area (Å²) in [6.45, 7) is 4.12. The molecule has 7 heteroatoms. The lowest BCUT2D eigenvalue weighted by molar-refractivity contribution is -0.138. The largest absolute Gasteiger partial charge is 0.357 e. The van der Waals surface area contributed by atoms with Crippen LogP contribution in [0.15, 0.2) is 18.3 Å². The number of aromatic nitrogens is 1. The molecule has 0 radical (unpaired) electrons. The van der Waals surface area contributed by atoms with E-state index in [0.29, 0.717) is 38.4 Å². The number of hydrogen-bond acceptors (Lipinski definition) is 3. The summed E-state index contributed by atoms with van der Waals surface area (Å²) in [5.74, 6) is -0.167. The van der Waals surface area contributed by atoms with E-state index < -0.39 is 0 Å². The van der Waals surface area contributed by atoms with E-state index in [-0.39, 0.29) is 24.1 Å². The predicted molar refractivity (Wildman–Crippen MR) is 76.6 cm³/mol. The molecule has 3 amide bonds. The Kier molecular flexibility index (Phi) is 4.97. The number of carbonyl (C=O) groups excluding carboxylic acids is 3. The van der Waals surface area contributed by atoms with Crippen molar-refractivity contribution in [2.75, 3.05) is 32.7 Å². The first-order valence-electron chi connectivity index (χ1n) is 7.03. The molecule has 2 rings (SSSR count). The van der Waals surface area contributed by atoms with Crippen LogP contribution in [0.5, 0.6) is 0 Å². The highest BCUT2D eigenvalue weighted by atomic mass is 16.2. The molecule has 1 fully saturated rings. The Bertz CT molecular complexity index is 504. The molecule has 7 nitrogen and oxygen atoms in total. The number of nitrogens with zero attached hydrogens (tertiary/aromatic N) is 2. The van der Waals surface area contributed by atoms with Gasteiger partial charge in [-0.25, -0.2) is 0 Å². The summed E-state index contributed by atoms with van der Waals surface area (Å²) in [6, 6.07) is 3.42. The van der Waals surface area contributed by atoms with Crippen LogP contribution >= 0.6 is 0 Å². The number of piperazine rings is 1. The molecule has 1 aromatic rings. The summed E-state index contributed by atoms with van der Waals surface area (Å²) < 4.78 is 0. The summed E-state index contributed by atoms with van der Waals surface area (Å²) in [6.07, 6.45) is 1.95. The zero-order valence-corrected chi connectivity index (χ0v) is 12.1. The molecule has 0 saturated carbocycles. The predicted octanol–water partition coefficient (Wildman–Crippen LogP) is -0.175. The normalized spacial score (nSPS) is 14.9. The minimum absolute atomic E-state index is 0.00462. The first-order chi connectivity index (χ1) is 10.1. The second kappa shape index (κ2) is 6.92. The Morgan fingerprint density at radius 3 is 2.43 bits per heavy atom. The first-order valence-corrected chi connectivity index (χ1v) is 7.03. The highest BCUT2D eigenvalue weighted by Crippen LogP contribution is 2.04. The Balaban J connectivity index is 1.68. The lowest BCUT2D eigenvalue weighted by Gasteiger charge is -2.34. The first kappa shape index (κ1) is 15.1. The zero-order valence-electron chi connectivity index (χ0n) is 12.1. The van der Waals surface area contributed by atoms with Gasteiger partial charge in [0.25, 0.3) is 5.91 Å². The van der Waals surface area contributed by atoms with Gasteiger partial charge in [-0.15, -0.1) is 0 Å². The van der Waals surface area contributed by atoms with Crippen molar-refractivity contribution in [2.24, 2.45) is 0 Å². The molecule has 0 spiro atoms. The van der Waals surface area contributed by atoms with Crippen molar-refractivity contribution in [3.05, 3.63) is 24.0 Å². The number of carbonyl (C=O) groups is 3. The van der Waals surface area contributed by atoms with Gasteiger partial charge >= 0.3 is 0 Å². The standard InChI is InChI=1S/C14H20N4O3/c1-11(19)17-7-9-18(10-8-17)13(20)4-6-16-14(21)12-3-2-5-15-12/h2-3,5,15H,4,6-10H2,1H3,(H,16,21). The lowest BCUT2D eigenvalue weighted by Crippen LogP contribution is -2.50. The van der Waals surface area contributed by atoms with Crippen LogP contribution in [-0.2, 0) is 9.59 Å². The van der Waals surface area contributed by atoms with Gasteiger partial charge in [0.15, 0.2) is 0 Å². The fourth-order valence-electron chi connectivity index (χ4n) is 2.28. The van der Waals surface area contributed by atoms with Gasteiger partial charge in [0.05, 0.1) is 0 Å². The summed E-state index contributed by atoms with van der Waals surface area (Å²) in [4.78, 5) is 41.2. The van der Waals surface area contributed by atoms with Crippen molar-refractivity contribution in [1.82, 2.24) is 20.1 Å². The average molecular weight is 292 g/mol. The van der Waals surface area contributed by atoms with Crippen LogP contribution < -0.4 is 5.32 Å². The van der Waals surface area contributed by atoms with Crippen molar-refractivity contribution in [2.45, 2.75) is 13.3 Å². The van der Waals surface area contributed by atoms with Crippen molar-refractivity contribution in [1.29, 1.82) is 0 Å². The fraction of sp³-hybridized carbons (Fsp3) is 0.500. The topological polar surface area (TPSA) is 85.5 Å². The second-order valence-electron chi connectivity index (χ2n) is 4.98. The van der Waals surface area contributed by atoms with Crippen LogP contribution in [0, 0.1) is 0 Å². The molecule has 2 N–H and O–H groups in total. The minimum Gasteiger partial charge on any atom is -0.357 e. The van der Waals surface area contributed by atoms with E-state index in [1.807, 2.05) is 0 Å². The maximum absolute atomic E-state index is 12.0. The van der Waals surface area contributed by atoms with Crippen molar-refractivity contribution < 1.29 is 14.4 Å². The molecular weight excluding hydrogens is 272 g/mol. The smallest absolute Gasteiger partial charge is 0.267 e. The van der Waals surface area contributed by atoms with Crippen LogP contribution in [0.2, 0.25) is 0 Å². The molecule has 1 aromatic heterocycles. The van der Waals surface area contributed by atoms with E-state index in [0.717, 1.165) is 0 Å². The third-order valence-electron chi connectivity index (χ3n) is 3.54. The summed E-state index contributed by atoms with van der Waals surface area (Å²) >= 11 is 0. The molecule has 114 valence electrons. The molecule has 0 aromatic carbocycles. The molecule has 2 heterocycles. The Morgan fingerprint density at radius 2 is 1.86 bits per heavy atom. The molecule has 1 saturated heterocycles. The monoisotopic (exact) mass is 292 g/mol. The molecule has 0 bridgehead atoms. The van der Waals surface area contributed by atoms with Crippen molar-refractivity contribution >= 4 is 17.7 Å². The molecule has 1 aliphatic heterocycles. The maximum Gasteiger partial charge on any atom is 0.267 e. The van der Waals surface area contributed by atoms with E-state index >= 15 is 0 Å². The quantitative estimate of drug-likeness (QED) is 0.807. The lowest BCUT2D eigenvalue weighted by atomic mass is 10.2. The van der Waals surface area contributed by atoms with Gasteiger partial charge in [-0.1, -0.05) is 0 Å². The summed E-state index contributed by atoms with van der Waals surface area (Å²) in [7, 11) is 0. The van der Waals surface area contributed by atoms with Gasteiger partial charge in [0, 0.05) is 52.3 Å². The van der Waals surface area contributed by atoms with E-state index in [2.05, 4.69) is 10.3 Å². The number of rotatable bonds is 4. The average Bonchev–Trinajstić information content (AvgIpc) is 3.01. The third kappa shape index (κ3) is 4.08. The van der Waals surface area contributed by atoms with Gasteiger partial charge in [-0.05, 0) is 12.1 Å². The van der Waals surface area contributed by atoms with Crippen LogP contribution in [0.1, 0.15) is 23.8 Å². The highest BCUT2D eigenvalue weighted by molar-refractivity contribution is 5.92. The van der Waals surface area contributed by atoms with Gasteiger partial charge in [-0.2, -0.15) is 0 Å². The molecule has 0 unspecified atom stereocenters. The third-order valence-corrected chi connectivity index (χ3v) is 3.54. The van der Waals surface area contributed by atoms with Gasteiger partial charge in [-0.3, -0.25) is 14.4 Å². The Hall–Kier alpha value is -2.31. The van der Waals surface area contributed by atoms with Crippen LogP contribution in [0.4, 0.5) is 0 Å². The van der Waals surface area contributed by atoms with E-state index in [1.54, 1.807) is 28.1 Å². The van der Waals surface area contributed by atoms with Crippen LogP contribution in [0.25, 0.3) is 0 Å². The number of aromatic amines is 1. The second-order valence-corrected chi connectivity index (χ2v) is 4.98. The van der Waals surface area contributed by atoms with E-state index in [1.165, 1.54) is 6.92 Å². The van der Waals surface area contributed by atoms with Gasteiger partial charge in [0.1, 0.15) is 5.69 Å². The minimum atomic E-state index is -0.214.